The number of anilines is 3. The molecule has 3 aromatic rings. The summed E-state index contributed by atoms with van der Waals surface area (Å²) in [5, 5.41) is 11.7. The molecule has 1 aliphatic heterocycles. The number of amides is 1. The quantitative estimate of drug-likeness (QED) is 0.475. The van der Waals surface area contributed by atoms with Gasteiger partial charge in [0, 0.05) is 30.2 Å². The van der Waals surface area contributed by atoms with Crippen molar-refractivity contribution in [2.45, 2.75) is 25.6 Å². The predicted molar refractivity (Wildman–Crippen MR) is 113 cm³/mol. The van der Waals surface area contributed by atoms with Crippen molar-refractivity contribution in [3.63, 3.8) is 0 Å². The predicted octanol–water partition coefficient (Wildman–Crippen LogP) is 2.76. The molecule has 4 rings (SSSR count). The summed E-state index contributed by atoms with van der Waals surface area (Å²) < 4.78 is 12.7. The molecule has 1 aromatic carbocycles. The summed E-state index contributed by atoms with van der Waals surface area (Å²) >= 11 is 1.28. The van der Waals surface area contributed by atoms with Crippen molar-refractivity contribution in [2.75, 3.05) is 29.0 Å². The average Bonchev–Trinajstić information content (AvgIpc) is 3.37. The van der Waals surface area contributed by atoms with Gasteiger partial charge in [-0.1, -0.05) is 0 Å². The molecule has 152 valence electrons. The molecule has 3 heterocycles. The number of piperidine rings is 1. The van der Waals surface area contributed by atoms with E-state index in [1.54, 1.807) is 17.5 Å². The number of halogens is 1. The molecule has 0 unspecified atom stereocenters. The maximum atomic E-state index is 12.8. The van der Waals surface area contributed by atoms with E-state index in [0.717, 1.165) is 31.6 Å². The summed E-state index contributed by atoms with van der Waals surface area (Å²) in [6, 6.07) is 7.14. The Hall–Kier alpha value is -2.98. The number of hydrogen-bond donors (Lipinski definition) is 4. The lowest BCUT2D eigenvalue weighted by molar-refractivity contribution is 0.102. The van der Waals surface area contributed by atoms with E-state index in [2.05, 4.69) is 25.4 Å². The summed E-state index contributed by atoms with van der Waals surface area (Å²) in [4.78, 5) is 19.3. The number of benzene rings is 1. The largest absolute Gasteiger partial charge is 0.399 e. The summed E-state index contributed by atoms with van der Waals surface area (Å²) in [5.74, 6) is -0.342. The zero-order valence-corrected chi connectivity index (χ0v) is 16.5. The highest BCUT2D eigenvalue weighted by atomic mass is 32.1. The fourth-order valence-electron chi connectivity index (χ4n) is 3.39. The number of carbonyl (C=O) groups is 1. The molecule has 1 fully saturated rings. The molecule has 1 atom stereocenters. The minimum Gasteiger partial charge on any atom is -0.399 e. The van der Waals surface area contributed by atoms with Gasteiger partial charge in [-0.3, -0.25) is 9.89 Å². The maximum Gasteiger partial charge on any atom is 0.275 e. The molecule has 2 aromatic heterocycles. The van der Waals surface area contributed by atoms with Crippen LogP contribution in [0.2, 0.25) is 0 Å². The number of nitrogens with one attached hydrogen (secondary N) is 2. The molecular weight excluding hydrogens is 393 g/mol. The molecule has 10 heteroatoms. The standard InChI is InChI=1S/C19H22FN7OS/c20-8-13-7-15(26-25-13)19-24-16(10-29-19)18(28)23-14-6-11(21)3-4-17(14)27-5-1-2-12(22)9-27/h3-4,6-7,10,12H,1-2,5,8-9,21-22H2,(H,23,28)(H,25,26)/t12-/m1/s1. The Morgan fingerprint density at radius 1 is 1.41 bits per heavy atom. The Kier molecular flexibility index (Phi) is 5.45. The van der Waals surface area contributed by atoms with Crippen LogP contribution in [-0.2, 0) is 6.67 Å². The number of aromatic amines is 1. The first-order chi connectivity index (χ1) is 14.0. The van der Waals surface area contributed by atoms with Gasteiger partial charge in [-0.05, 0) is 37.1 Å². The molecule has 0 aliphatic carbocycles. The summed E-state index contributed by atoms with van der Waals surface area (Å²) in [6.07, 6.45) is 1.99. The van der Waals surface area contributed by atoms with Gasteiger partial charge in [-0.2, -0.15) is 5.10 Å². The molecular formula is C19H22FN7OS. The van der Waals surface area contributed by atoms with Crippen molar-refractivity contribution in [1.82, 2.24) is 15.2 Å². The van der Waals surface area contributed by atoms with E-state index >= 15 is 0 Å². The molecule has 0 saturated carbocycles. The van der Waals surface area contributed by atoms with Crippen LogP contribution in [0.5, 0.6) is 0 Å². The third-order valence-corrected chi connectivity index (χ3v) is 5.68. The van der Waals surface area contributed by atoms with Crippen LogP contribution >= 0.6 is 11.3 Å². The molecule has 8 nitrogen and oxygen atoms in total. The van der Waals surface area contributed by atoms with Crippen molar-refractivity contribution < 1.29 is 9.18 Å². The first kappa shape index (κ1) is 19.3. The Morgan fingerprint density at radius 2 is 2.28 bits per heavy atom. The lowest BCUT2D eigenvalue weighted by Crippen LogP contribution is -2.43. The number of nitrogens with two attached hydrogens (primary N) is 2. The number of aromatic nitrogens is 3. The van der Waals surface area contributed by atoms with Crippen LogP contribution in [0.3, 0.4) is 0 Å². The van der Waals surface area contributed by atoms with Gasteiger partial charge < -0.3 is 21.7 Å². The maximum absolute atomic E-state index is 12.8. The highest BCUT2D eigenvalue weighted by molar-refractivity contribution is 7.13. The lowest BCUT2D eigenvalue weighted by atomic mass is 10.1. The van der Waals surface area contributed by atoms with E-state index in [-0.39, 0.29) is 17.6 Å². The van der Waals surface area contributed by atoms with E-state index in [1.165, 1.54) is 11.3 Å². The molecule has 29 heavy (non-hydrogen) atoms. The minimum atomic E-state index is -0.659. The van der Waals surface area contributed by atoms with E-state index in [0.29, 0.717) is 27.8 Å². The highest BCUT2D eigenvalue weighted by Crippen LogP contribution is 2.31. The Labute approximate surface area is 171 Å². The number of H-pyrrole nitrogens is 1. The number of alkyl halides is 1. The van der Waals surface area contributed by atoms with E-state index in [9.17, 15) is 9.18 Å². The fourth-order valence-corrected chi connectivity index (χ4v) is 4.15. The Bertz CT molecular complexity index is 1020. The summed E-state index contributed by atoms with van der Waals surface area (Å²) in [6.45, 7) is 0.940. The van der Waals surface area contributed by atoms with Crippen LogP contribution in [0, 0.1) is 0 Å². The number of rotatable bonds is 5. The second kappa shape index (κ2) is 8.18. The SMILES string of the molecule is Nc1ccc(N2CCC[C@@H](N)C2)c(NC(=O)c2csc(-c3cc(CF)n[nH]3)n2)c1. The van der Waals surface area contributed by atoms with Crippen molar-refractivity contribution in [3.8, 4) is 10.7 Å². The third kappa shape index (κ3) is 4.22. The number of nitrogens with zero attached hydrogens (tertiary/aromatic N) is 3. The smallest absolute Gasteiger partial charge is 0.275 e. The Morgan fingerprint density at radius 3 is 3.03 bits per heavy atom. The number of hydrogen-bond acceptors (Lipinski definition) is 7. The van der Waals surface area contributed by atoms with Gasteiger partial charge in [0.2, 0.25) is 0 Å². The van der Waals surface area contributed by atoms with Gasteiger partial charge in [0.05, 0.1) is 22.8 Å². The van der Waals surface area contributed by atoms with Crippen molar-refractivity contribution in [2.24, 2.45) is 5.73 Å². The van der Waals surface area contributed by atoms with E-state index < -0.39 is 6.67 Å². The van der Waals surface area contributed by atoms with Gasteiger partial charge in [0.1, 0.15) is 17.4 Å². The molecule has 0 spiro atoms. The summed E-state index contributed by atoms with van der Waals surface area (Å²) in [5.41, 5.74) is 15.3. The Balaban J connectivity index is 1.55. The van der Waals surface area contributed by atoms with E-state index in [4.69, 9.17) is 11.5 Å². The van der Waals surface area contributed by atoms with Crippen molar-refractivity contribution in [1.29, 1.82) is 0 Å². The first-order valence-corrected chi connectivity index (χ1v) is 10.2. The van der Waals surface area contributed by atoms with Crippen LogP contribution in [0.15, 0.2) is 29.6 Å². The zero-order chi connectivity index (χ0) is 20.4. The van der Waals surface area contributed by atoms with Crippen molar-refractivity contribution in [3.05, 3.63) is 41.0 Å². The normalized spacial score (nSPS) is 16.8. The van der Waals surface area contributed by atoms with Crippen LogP contribution in [0.25, 0.3) is 10.7 Å². The topological polar surface area (TPSA) is 126 Å². The number of thiazole rings is 1. The number of nitrogen functional groups attached to an aromatic ring is 1. The average molecular weight is 415 g/mol. The number of carbonyl (C=O) groups excluding carboxylic acids is 1. The lowest BCUT2D eigenvalue weighted by Gasteiger charge is -2.34. The molecule has 1 aliphatic rings. The van der Waals surface area contributed by atoms with Gasteiger partial charge >= 0.3 is 0 Å². The zero-order valence-electron chi connectivity index (χ0n) is 15.7. The van der Waals surface area contributed by atoms with Gasteiger partial charge in [0.15, 0.2) is 0 Å². The van der Waals surface area contributed by atoms with Crippen molar-refractivity contribution >= 4 is 34.3 Å². The van der Waals surface area contributed by atoms with Crippen LogP contribution in [-0.4, -0.2) is 40.2 Å². The fraction of sp³-hybridized carbons (Fsp3) is 0.316. The molecule has 0 radical (unpaired) electrons. The van der Waals surface area contributed by atoms with Crippen LogP contribution < -0.4 is 21.7 Å². The second-order valence-corrected chi connectivity index (χ2v) is 7.88. The second-order valence-electron chi connectivity index (χ2n) is 7.02. The summed E-state index contributed by atoms with van der Waals surface area (Å²) in [7, 11) is 0. The third-order valence-electron chi connectivity index (χ3n) is 4.80. The van der Waals surface area contributed by atoms with Gasteiger partial charge in [0.25, 0.3) is 5.91 Å². The van der Waals surface area contributed by atoms with Crippen LogP contribution in [0.1, 0.15) is 29.0 Å². The van der Waals surface area contributed by atoms with Gasteiger partial charge in [-0.25, -0.2) is 9.37 Å². The monoisotopic (exact) mass is 415 g/mol. The molecule has 1 amide bonds. The van der Waals surface area contributed by atoms with Gasteiger partial charge in [-0.15, -0.1) is 11.3 Å². The van der Waals surface area contributed by atoms with E-state index in [1.807, 2.05) is 12.1 Å². The highest BCUT2D eigenvalue weighted by Gasteiger charge is 2.21. The molecule has 0 bridgehead atoms. The van der Waals surface area contributed by atoms with Crippen LogP contribution in [0.4, 0.5) is 21.5 Å². The first-order valence-electron chi connectivity index (χ1n) is 9.31. The molecule has 6 N–H and O–H groups in total. The molecule has 1 saturated heterocycles. The minimum absolute atomic E-state index is 0.106.